The van der Waals surface area contributed by atoms with Gasteiger partial charge in [-0.15, -0.1) is 11.8 Å². The SMILES string of the molecule is COC(=O)CS[C@H]1CCN(S(=O)(=O)c2cn(C)cn2)C1. The van der Waals surface area contributed by atoms with E-state index < -0.39 is 10.0 Å². The highest BCUT2D eigenvalue weighted by Gasteiger charge is 2.34. The van der Waals surface area contributed by atoms with Gasteiger partial charge in [0.05, 0.1) is 19.2 Å². The molecule has 0 unspecified atom stereocenters. The molecule has 1 fully saturated rings. The van der Waals surface area contributed by atoms with Crippen LogP contribution in [0.5, 0.6) is 0 Å². The number of carbonyl (C=O) groups excluding carboxylic acids is 1. The number of rotatable bonds is 5. The molecule has 2 rings (SSSR count). The normalized spacial score (nSPS) is 20.2. The monoisotopic (exact) mass is 319 g/mol. The molecular formula is C11H17N3O4S2. The Morgan fingerprint density at radius 3 is 2.95 bits per heavy atom. The van der Waals surface area contributed by atoms with Gasteiger partial charge in [0.2, 0.25) is 0 Å². The Hall–Kier alpha value is -1.06. The van der Waals surface area contributed by atoms with Crippen molar-refractivity contribution in [2.75, 3.05) is 26.0 Å². The second-order valence-corrected chi connectivity index (χ2v) is 7.71. The summed E-state index contributed by atoms with van der Waals surface area (Å²) in [5.41, 5.74) is 0. The molecule has 0 aromatic carbocycles. The average Bonchev–Trinajstić information content (AvgIpc) is 3.05. The highest BCUT2D eigenvalue weighted by molar-refractivity contribution is 8.00. The first-order valence-electron chi connectivity index (χ1n) is 6.10. The Bertz CT molecular complexity index is 584. The third kappa shape index (κ3) is 3.33. The molecule has 0 bridgehead atoms. The van der Waals surface area contributed by atoms with Gasteiger partial charge in [-0.1, -0.05) is 0 Å². The maximum atomic E-state index is 12.3. The number of sulfonamides is 1. The first kappa shape index (κ1) is 15.3. The fraction of sp³-hybridized carbons (Fsp3) is 0.636. The lowest BCUT2D eigenvalue weighted by Gasteiger charge is -2.14. The Morgan fingerprint density at radius 2 is 2.35 bits per heavy atom. The smallest absolute Gasteiger partial charge is 0.315 e. The lowest BCUT2D eigenvalue weighted by molar-refractivity contribution is -0.137. The van der Waals surface area contributed by atoms with Gasteiger partial charge in [0.1, 0.15) is 0 Å². The molecule has 0 spiro atoms. The van der Waals surface area contributed by atoms with E-state index in [1.165, 1.54) is 35.7 Å². The standard InChI is InChI=1S/C11H17N3O4S2/c1-13-6-10(12-8-13)20(16,17)14-4-3-9(5-14)19-7-11(15)18-2/h6,8-9H,3-5,7H2,1-2H3/t9-/m0/s1. The van der Waals surface area contributed by atoms with Crippen molar-refractivity contribution in [1.29, 1.82) is 0 Å². The van der Waals surface area contributed by atoms with Gasteiger partial charge < -0.3 is 9.30 Å². The third-order valence-corrected chi connectivity index (χ3v) is 6.07. The summed E-state index contributed by atoms with van der Waals surface area (Å²) >= 11 is 1.43. The van der Waals surface area contributed by atoms with E-state index in [1.54, 1.807) is 11.6 Å². The molecule has 0 aliphatic carbocycles. The van der Waals surface area contributed by atoms with E-state index in [0.717, 1.165) is 6.42 Å². The first-order chi connectivity index (χ1) is 9.43. The predicted octanol–water partition coefficient (Wildman–Crippen LogP) is 0.0893. The highest BCUT2D eigenvalue weighted by atomic mass is 32.2. The molecule has 9 heteroatoms. The molecule has 112 valence electrons. The average molecular weight is 319 g/mol. The molecule has 0 N–H and O–H groups in total. The Morgan fingerprint density at radius 1 is 1.60 bits per heavy atom. The minimum absolute atomic E-state index is 0.0682. The summed E-state index contributed by atoms with van der Waals surface area (Å²) in [5, 5.41) is 0.186. The van der Waals surface area contributed by atoms with Gasteiger partial charge >= 0.3 is 5.97 Å². The van der Waals surface area contributed by atoms with E-state index in [-0.39, 0.29) is 22.0 Å². The maximum Gasteiger partial charge on any atom is 0.315 e. The van der Waals surface area contributed by atoms with E-state index >= 15 is 0 Å². The van der Waals surface area contributed by atoms with Gasteiger partial charge in [-0.25, -0.2) is 13.4 Å². The van der Waals surface area contributed by atoms with Crippen LogP contribution in [-0.4, -0.2) is 59.4 Å². The fourth-order valence-electron chi connectivity index (χ4n) is 1.95. The van der Waals surface area contributed by atoms with Crippen LogP contribution >= 0.6 is 11.8 Å². The molecule has 1 aliphatic rings. The lowest BCUT2D eigenvalue weighted by atomic mass is 10.4. The molecule has 1 saturated heterocycles. The number of nitrogens with zero attached hydrogens (tertiary/aromatic N) is 3. The van der Waals surface area contributed by atoms with Crippen molar-refractivity contribution in [1.82, 2.24) is 13.9 Å². The zero-order valence-electron chi connectivity index (χ0n) is 11.4. The summed E-state index contributed by atoms with van der Waals surface area (Å²) in [6.45, 7) is 0.859. The molecule has 0 radical (unpaired) electrons. The van der Waals surface area contributed by atoms with Gasteiger partial charge in [0.25, 0.3) is 10.0 Å². The molecule has 20 heavy (non-hydrogen) atoms. The second kappa shape index (κ2) is 6.15. The largest absolute Gasteiger partial charge is 0.468 e. The summed E-state index contributed by atoms with van der Waals surface area (Å²) < 4.78 is 32.3. The summed E-state index contributed by atoms with van der Waals surface area (Å²) in [6, 6.07) is 0. The van der Waals surface area contributed by atoms with Crippen LogP contribution in [0.3, 0.4) is 0 Å². The van der Waals surface area contributed by atoms with Crippen molar-refractivity contribution in [2.24, 2.45) is 7.05 Å². The minimum Gasteiger partial charge on any atom is -0.468 e. The van der Waals surface area contributed by atoms with Crippen LogP contribution in [0.25, 0.3) is 0 Å². The van der Waals surface area contributed by atoms with Crippen molar-refractivity contribution in [3.8, 4) is 0 Å². The molecule has 2 heterocycles. The number of methoxy groups -OCH3 is 1. The zero-order chi connectivity index (χ0) is 14.8. The van der Waals surface area contributed by atoms with Crippen molar-refractivity contribution < 1.29 is 17.9 Å². The Kier molecular flexibility index (Phi) is 4.71. The van der Waals surface area contributed by atoms with Crippen LogP contribution in [0, 0.1) is 0 Å². The number of thioether (sulfide) groups is 1. The topological polar surface area (TPSA) is 81.5 Å². The highest BCUT2D eigenvalue weighted by Crippen LogP contribution is 2.26. The minimum atomic E-state index is -3.52. The Balaban J connectivity index is 1.97. The molecule has 1 aromatic rings. The first-order valence-corrected chi connectivity index (χ1v) is 8.59. The number of hydrogen-bond acceptors (Lipinski definition) is 6. The summed E-state index contributed by atoms with van der Waals surface area (Å²) in [5.74, 6) is -0.0421. The number of imidazole rings is 1. The Labute approximate surface area is 122 Å². The van der Waals surface area contributed by atoms with Crippen molar-refractivity contribution in [3.05, 3.63) is 12.5 Å². The number of aryl methyl sites for hydroxylation is 1. The van der Waals surface area contributed by atoms with Gasteiger partial charge in [-0.05, 0) is 6.42 Å². The fourth-order valence-corrected chi connectivity index (χ4v) is 4.56. The van der Waals surface area contributed by atoms with Gasteiger partial charge in [0, 0.05) is 31.6 Å². The second-order valence-electron chi connectivity index (χ2n) is 4.54. The van der Waals surface area contributed by atoms with Crippen LogP contribution in [0.2, 0.25) is 0 Å². The number of hydrogen-bond donors (Lipinski definition) is 0. The van der Waals surface area contributed by atoms with Crippen molar-refractivity contribution in [3.63, 3.8) is 0 Å². The third-order valence-electron chi connectivity index (χ3n) is 3.06. The van der Waals surface area contributed by atoms with Crippen molar-refractivity contribution >= 4 is 27.8 Å². The molecule has 1 aliphatic heterocycles. The quantitative estimate of drug-likeness (QED) is 0.716. The number of ether oxygens (including phenoxy) is 1. The maximum absolute atomic E-state index is 12.3. The van der Waals surface area contributed by atoms with Crippen LogP contribution in [0.4, 0.5) is 0 Å². The van der Waals surface area contributed by atoms with Crippen molar-refractivity contribution in [2.45, 2.75) is 16.7 Å². The zero-order valence-corrected chi connectivity index (χ0v) is 13.0. The molecule has 1 atom stereocenters. The number of carbonyl (C=O) groups is 1. The molecule has 0 saturated carbocycles. The van der Waals surface area contributed by atoms with E-state index in [1.807, 2.05) is 0 Å². The van der Waals surface area contributed by atoms with E-state index in [9.17, 15) is 13.2 Å². The predicted molar refractivity (Wildman–Crippen MR) is 74.8 cm³/mol. The van der Waals surface area contributed by atoms with Gasteiger partial charge in [-0.2, -0.15) is 4.31 Å². The molecule has 7 nitrogen and oxygen atoms in total. The van der Waals surface area contributed by atoms with Gasteiger partial charge in [-0.3, -0.25) is 4.79 Å². The summed E-state index contributed by atoms with van der Waals surface area (Å²) in [7, 11) is -0.453. The molecule has 0 amide bonds. The molecular weight excluding hydrogens is 302 g/mol. The summed E-state index contributed by atoms with van der Waals surface area (Å²) in [4.78, 5) is 15.0. The van der Waals surface area contributed by atoms with Crippen LogP contribution in [-0.2, 0) is 26.6 Å². The van der Waals surface area contributed by atoms with Crippen LogP contribution in [0.15, 0.2) is 17.6 Å². The lowest BCUT2D eigenvalue weighted by Crippen LogP contribution is -2.29. The van der Waals surface area contributed by atoms with Crippen LogP contribution in [0.1, 0.15) is 6.42 Å². The number of aromatic nitrogens is 2. The number of esters is 1. The van der Waals surface area contributed by atoms with E-state index in [0.29, 0.717) is 13.1 Å². The summed E-state index contributed by atoms with van der Waals surface area (Å²) in [6.07, 6.45) is 3.68. The van der Waals surface area contributed by atoms with E-state index in [2.05, 4.69) is 9.72 Å². The molecule has 1 aromatic heterocycles. The van der Waals surface area contributed by atoms with E-state index in [4.69, 9.17) is 0 Å². The van der Waals surface area contributed by atoms with Crippen LogP contribution < -0.4 is 0 Å². The van der Waals surface area contributed by atoms with Gasteiger partial charge in [0.15, 0.2) is 5.03 Å².